The van der Waals surface area contributed by atoms with Gasteiger partial charge in [0.15, 0.2) is 18.1 Å². The van der Waals surface area contributed by atoms with Gasteiger partial charge < -0.3 is 9.47 Å². The Labute approximate surface area is 95.8 Å². The zero-order chi connectivity index (χ0) is 11.8. The summed E-state index contributed by atoms with van der Waals surface area (Å²) in [5, 5.41) is 0. The molecule has 2 aromatic rings. The first kappa shape index (κ1) is 10.0. The van der Waals surface area contributed by atoms with Gasteiger partial charge in [-0.2, -0.15) is 13.3 Å². The van der Waals surface area contributed by atoms with Crippen LogP contribution >= 0.6 is 0 Å². The van der Waals surface area contributed by atoms with Crippen molar-refractivity contribution < 1.29 is 22.8 Å². The van der Waals surface area contributed by atoms with Gasteiger partial charge in [0.25, 0.3) is 5.69 Å². The highest BCUT2D eigenvalue weighted by atomic mass is 19.2. The first-order valence-corrected chi connectivity index (χ1v) is 5.01. The number of pyridine rings is 1. The third-order valence-electron chi connectivity index (χ3n) is 2.52. The first-order chi connectivity index (χ1) is 8.27. The molecule has 0 bridgehead atoms. The fourth-order valence-electron chi connectivity index (χ4n) is 1.71. The summed E-state index contributed by atoms with van der Waals surface area (Å²) in [6, 6.07) is 6.66. The predicted octanol–water partition coefficient (Wildman–Crippen LogP) is 1.97. The van der Waals surface area contributed by atoms with Gasteiger partial charge in [0, 0.05) is 12.1 Å². The third-order valence-corrected chi connectivity index (χ3v) is 2.52. The Bertz CT molecular complexity index is 572. The van der Waals surface area contributed by atoms with Crippen molar-refractivity contribution in [1.82, 2.24) is 0 Å². The van der Waals surface area contributed by atoms with Crippen molar-refractivity contribution >= 4 is 0 Å². The van der Waals surface area contributed by atoms with Crippen molar-refractivity contribution in [3.63, 3.8) is 0 Å². The molecule has 0 unspecified atom stereocenters. The van der Waals surface area contributed by atoms with Crippen LogP contribution in [0.15, 0.2) is 36.7 Å². The van der Waals surface area contributed by atoms with E-state index in [2.05, 4.69) is 0 Å². The van der Waals surface area contributed by atoms with Crippen LogP contribution in [0.2, 0.25) is 0 Å². The number of ether oxygens (including phenoxy) is 2. The van der Waals surface area contributed by atoms with E-state index < -0.39 is 11.6 Å². The average molecular weight is 236 g/mol. The Morgan fingerprint density at radius 3 is 2.53 bits per heavy atom. The maximum Gasteiger partial charge on any atom is 0.253 e. The van der Waals surface area contributed by atoms with Crippen molar-refractivity contribution in [2.24, 2.45) is 0 Å². The second-order valence-corrected chi connectivity index (χ2v) is 3.54. The van der Waals surface area contributed by atoms with E-state index in [-0.39, 0.29) is 24.0 Å². The molecule has 0 saturated carbocycles. The smallest absolute Gasteiger partial charge is 0.253 e. The number of nitrogens with zero attached hydrogens (tertiary/aromatic N) is 1. The topological polar surface area (TPSA) is 22.3 Å². The second kappa shape index (κ2) is 3.69. The molecule has 0 aliphatic carbocycles. The fraction of sp³-hybridized carbons (Fsp3) is 0.0833. The molecule has 5 heteroatoms. The van der Waals surface area contributed by atoms with E-state index in [0.717, 1.165) is 0 Å². The number of aromatic nitrogens is 1. The Hall–Kier alpha value is -2.17. The minimum Gasteiger partial charge on any atom is -0.453 e. The van der Waals surface area contributed by atoms with E-state index in [1.165, 1.54) is 10.6 Å². The molecule has 2 heterocycles. The van der Waals surface area contributed by atoms with Crippen molar-refractivity contribution in [2.75, 3.05) is 6.79 Å². The molecule has 17 heavy (non-hydrogen) atoms. The summed E-state index contributed by atoms with van der Waals surface area (Å²) in [5.74, 6) is -1.92. The van der Waals surface area contributed by atoms with E-state index in [1.807, 2.05) is 0 Å². The second-order valence-electron chi connectivity index (χ2n) is 3.54. The SMILES string of the molecule is Fc1c(-[n+]2ccccc2)cc2c(c1F)OCO2. The lowest BCUT2D eigenvalue weighted by Gasteiger charge is -2.01. The number of hydrogen-bond donors (Lipinski definition) is 0. The van der Waals surface area contributed by atoms with Crippen LogP contribution in [0.3, 0.4) is 0 Å². The summed E-state index contributed by atoms with van der Waals surface area (Å²) in [6.07, 6.45) is 3.25. The summed E-state index contributed by atoms with van der Waals surface area (Å²) in [7, 11) is 0. The largest absolute Gasteiger partial charge is 0.453 e. The molecule has 86 valence electrons. The number of hydrogen-bond acceptors (Lipinski definition) is 2. The molecule has 0 atom stereocenters. The van der Waals surface area contributed by atoms with Crippen LogP contribution in [0.1, 0.15) is 0 Å². The van der Waals surface area contributed by atoms with Gasteiger partial charge >= 0.3 is 0 Å². The Morgan fingerprint density at radius 2 is 1.76 bits per heavy atom. The van der Waals surface area contributed by atoms with Crippen LogP contribution in [0.5, 0.6) is 11.5 Å². The number of rotatable bonds is 1. The van der Waals surface area contributed by atoms with Crippen LogP contribution in [0.25, 0.3) is 5.69 Å². The normalized spacial score (nSPS) is 12.8. The molecule has 3 nitrogen and oxygen atoms in total. The Balaban J connectivity index is 2.22. The minimum atomic E-state index is -1.02. The van der Waals surface area contributed by atoms with E-state index in [9.17, 15) is 8.78 Å². The molecule has 3 rings (SSSR count). The molecular formula is C12H8F2NO2+. The predicted molar refractivity (Wildman–Crippen MR) is 54.0 cm³/mol. The third kappa shape index (κ3) is 1.51. The van der Waals surface area contributed by atoms with Gasteiger partial charge in [-0.3, -0.25) is 0 Å². The summed E-state index contributed by atoms with van der Waals surface area (Å²) in [4.78, 5) is 0. The van der Waals surface area contributed by atoms with Crippen molar-refractivity contribution in [2.45, 2.75) is 0 Å². The lowest BCUT2D eigenvalue weighted by atomic mass is 10.2. The molecule has 0 spiro atoms. The van der Waals surface area contributed by atoms with Gasteiger partial charge in [0.1, 0.15) is 0 Å². The number of fused-ring (bicyclic) bond motifs is 1. The molecule has 1 aromatic heterocycles. The summed E-state index contributed by atoms with van der Waals surface area (Å²) >= 11 is 0. The fourth-order valence-corrected chi connectivity index (χ4v) is 1.71. The highest BCUT2D eigenvalue weighted by Crippen LogP contribution is 2.37. The summed E-state index contributed by atoms with van der Waals surface area (Å²) < 4.78 is 38.8. The maximum atomic E-state index is 13.8. The monoisotopic (exact) mass is 236 g/mol. The zero-order valence-corrected chi connectivity index (χ0v) is 8.69. The zero-order valence-electron chi connectivity index (χ0n) is 8.69. The standard InChI is InChI=1S/C12H8F2NO2/c13-10-8(15-4-2-1-3-5-15)6-9-12(11(10)14)17-7-16-9/h1-6H,7H2/q+1. The molecule has 1 aliphatic rings. The van der Waals surface area contributed by atoms with Crippen LogP contribution in [-0.4, -0.2) is 6.79 Å². The van der Waals surface area contributed by atoms with Gasteiger partial charge in [0.2, 0.25) is 24.2 Å². The van der Waals surface area contributed by atoms with Crippen molar-refractivity contribution in [1.29, 1.82) is 0 Å². The maximum absolute atomic E-state index is 13.8. The van der Waals surface area contributed by atoms with E-state index in [0.29, 0.717) is 0 Å². The highest BCUT2D eigenvalue weighted by molar-refractivity contribution is 5.49. The van der Waals surface area contributed by atoms with E-state index >= 15 is 0 Å². The lowest BCUT2D eigenvalue weighted by molar-refractivity contribution is -0.597. The molecule has 1 aromatic carbocycles. The summed E-state index contributed by atoms with van der Waals surface area (Å²) in [5.41, 5.74) is 0.0901. The molecule has 1 aliphatic heterocycles. The Kier molecular flexibility index (Phi) is 2.18. The molecule has 0 fully saturated rings. The van der Waals surface area contributed by atoms with Crippen molar-refractivity contribution in [3.05, 3.63) is 48.3 Å². The molecule has 0 N–H and O–H groups in total. The number of benzene rings is 1. The van der Waals surface area contributed by atoms with E-state index in [1.54, 1.807) is 30.6 Å². The van der Waals surface area contributed by atoms with Crippen LogP contribution in [-0.2, 0) is 0 Å². The van der Waals surface area contributed by atoms with Gasteiger partial charge in [-0.05, 0) is 0 Å². The Morgan fingerprint density at radius 1 is 1.00 bits per heavy atom. The quantitative estimate of drug-likeness (QED) is 0.706. The molecule has 0 radical (unpaired) electrons. The van der Waals surface area contributed by atoms with Gasteiger partial charge in [-0.1, -0.05) is 6.07 Å². The number of halogens is 2. The summed E-state index contributed by atoms with van der Waals surface area (Å²) in [6.45, 7) is -0.0887. The van der Waals surface area contributed by atoms with Crippen LogP contribution in [0, 0.1) is 11.6 Å². The van der Waals surface area contributed by atoms with Gasteiger partial charge in [0.05, 0.1) is 6.07 Å². The van der Waals surface area contributed by atoms with Gasteiger partial charge in [-0.15, -0.1) is 0 Å². The molecular weight excluding hydrogens is 228 g/mol. The van der Waals surface area contributed by atoms with Crippen LogP contribution < -0.4 is 14.0 Å². The van der Waals surface area contributed by atoms with Crippen molar-refractivity contribution in [3.8, 4) is 17.2 Å². The van der Waals surface area contributed by atoms with Crippen LogP contribution in [0.4, 0.5) is 8.78 Å². The molecule has 0 saturated heterocycles. The lowest BCUT2D eigenvalue weighted by Crippen LogP contribution is -2.30. The average Bonchev–Trinajstić information content (AvgIpc) is 2.83. The highest BCUT2D eigenvalue weighted by Gasteiger charge is 2.29. The van der Waals surface area contributed by atoms with E-state index in [4.69, 9.17) is 9.47 Å². The molecule has 0 amide bonds. The first-order valence-electron chi connectivity index (χ1n) is 5.01. The minimum absolute atomic E-state index is 0.0887. The van der Waals surface area contributed by atoms with Gasteiger partial charge in [-0.25, -0.2) is 0 Å².